The molecule has 0 amide bonds. The molecule has 1 aromatic heterocycles. The molecule has 5 nitrogen and oxygen atoms in total. The fourth-order valence-electron chi connectivity index (χ4n) is 1.54. The van der Waals surface area contributed by atoms with Crippen LogP contribution in [0.1, 0.15) is 30.8 Å². The predicted molar refractivity (Wildman–Crippen MR) is 72.7 cm³/mol. The Hall–Kier alpha value is -1.78. The van der Waals surface area contributed by atoms with E-state index >= 15 is 0 Å². The summed E-state index contributed by atoms with van der Waals surface area (Å²) >= 11 is 0. The van der Waals surface area contributed by atoms with Crippen LogP contribution in [0.2, 0.25) is 0 Å². The van der Waals surface area contributed by atoms with Gasteiger partial charge in [0.05, 0.1) is 12.8 Å². The summed E-state index contributed by atoms with van der Waals surface area (Å²) in [6.45, 7) is 5.17. The van der Waals surface area contributed by atoms with E-state index in [1.807, 2.05) is 11.9 Å². The van der Waals surface area contributed by atoms with E-state index in [0.717, 1.165) is 13.0 Å². The molecule has 0 spiro atoms. The Bertz CT molecular complexity index is 419. The van der Waals surface area contributed by atoms with Crippen molar-refractivity contribution in [3.8, 4) is 0 Å². The minimum Gasteiger partial charge on any atom is -0.464 e. The third kappa shape index (κ3) is 3.61. The van der Waals surface area contributed by atoms with Gasteiger partial charge in [0.2, 0.25) is 0 Å². The second kappa shape index (κ2) is 6.23. The lowest BCUT2D eigenvalue weighted by molar-refractivity contribution is 0.0594. The number of hydrogen-bond acceptors (Lipinski definition) is 5. The predicted octanol–water partition coefficient (Wildman–Crippen LogP) is 1.93. The van der Waals surface area contributed by atoms with E-state index in [2.05, 4.69) is 23.6 Å². The molecule has 0 atom stereocenters. The van der Waals surface area contributed by atoms with Crippen LogP contribution in [-0.2, 0) is 4.74 Å². The second-order valence-corrected chi connectivity index (χ2v) is 4.70. The average Bonchev–Trinajstić information content (AvgIpc) is 2.35. The van der Waals surface area contributed by atoms with Gasteiger partial charge >= 0.3 is 5.97 Å². The Morgan fingerprint density at radius 1 is 1.50 bits per heavy atom. The van der Waals surface area contributed by atoms with Crippen molar-refractivity contribution in [2.45, 2.75) is 20.3 Å². The first-order valence-corrected chi connectivity index (χ1v) is 6.01. The maximum atomic E-state index is 11.4. The van der Waals surface area contributed by atoms with Gasteiger partial charge in [-0.2, -0.15) is 0 Å². The Kier molecular flexibility index (Phi) is 4.95. The van der Waals surface area contributed by atoms with Crippen LogP contribution in [0.25, 0.3) is 0 Å². The summed E-state index contributed by atoms with van der Waals surface area (Å²) in [7, 11) is 3.25. The number of hydrogen-bond donors (Lipinski definition) is 1. The molecule has 0 aromatic carbocycles. The van der Waals surface area contributed by atoms with Crippen molar-refractivity contribution in [2.24, 2.45) is 5.92 Å². The van der Waals surface area contributed by atoms with Crippen molar-refractivity contribution in [3.05, 3.63) is 17.8 Å². The third-order valence-corrected chi connectivity index (χ3v) is 2.70. The summed E-state index contributed by atoms with van der Waals surface area (Å²) in [6, 6.07) is 3.25. The van der Waals surface area contributed by atoms with Gasteiger partial charge < -0.3 is 15.4 Å². The van der Waals surface area contributed by atoms with E-state index in [-0.39, 0.29) is 5.69 Å². The van der Waals surface area contributed by atoms with Crippen LogP contribution in [0.15, 0.2) is 12.1 Å². The summed E-state index contributed by atoms with van der Waals surface area (Å²) in [5, 5.41) is 0. The zero-order valence-corrected chi connectivity index (χ0v) is 11.4. The molecule has 1 rings (SSSR count). The summed E-state index contributed by atoms with van der Waals surface area (Å²) < 4.78 is 4.65. The van der Waals surface area contributed by atoms with Gasteiger partial charge in [-0.15, -0.1) is 0 Å². The molecule has 0 bridgehead atoms. The van der Waals surface area contributed by atoms with Gasteiger partial charge in [0.1, 0.15) is 0 Å². The number of carbonyl (C=O) groups excluding carboxylic acids is 1. The quantitative estimate of drug-likeness (QED) is 0.810. The van der Waals surface area contributed by atoms with Crippen molar-refractivity contribution in [1.82, 2.24) is 4.98 Å². The van der Waals surface area contributed by atoms with Crippen LogP contribution in [0.3, 0.4) is 0 Å². The number of aromatic nitrogens is 1. The van der Waals surface area contributed by atoms with E-state index in [0.29, 0.717) is 17.4 Å². The zero-order chi connectivity index (χ0) is 13.7. The molecule has 0 saturated carbocycles. The molecule has 2 N–H and O–H groups in total. The van der Waals surface area contributed by atoms with E-state index in [1.54, 1.807) is 12.1 Å². The second-order valence-electron chi connectivity index (χ2n) is 4.70. The third-order valence-electron chi connectivity index (χ3n) is 2.70. The van der Waals surface area contributed by atoms with Gasteiger partial charge in [-0.25, -0.2) is 9.78 Å². The van der Waals surface area contributed by atoms with Crippen LogP contribution in [0, 0.1) is 5.92 Å². The summed E-state index contributed by atoms with van der Waals surface area (Å²) in [4.78, 5) is 17.6. The SMILES string of the molecule is COC(=O)c1ccc(N)c(N(C)CCC(C)C)n1. The van der Waals surface area contributed by atoms with Crippen LogP contribution >= 0.6 is 0 Å². The first kappa shape index (κ1) is 14.3. The topological polar surface area (TPSA) is 68.5 Å². The van der Waals surface area contributed by atoms with Crippen LogP contribution in [-0.4, -0.2) is 31.7 Å². The van der Waals surface area contributed by atoms with Crippen molar-refractivity contribution < 1.29 is 9.53 Å². The fourth-order valence-corrected chi connectivity index (χ4v) is 1.54. The Labute approximate surface area is 108 Å². The highest BCUT2D eigenvalue weighted by molar-refractivity contribution is 5.88. The molecule has 0 aliphatic carbocycles. The van der Waals surface area contributed by atoms with Gasteiger partial charge in [-0.1, -0.05) is 13.8 Å². The number of nitrogen functional groups attached to an aromatic ring is 1. The van der Waals surface area contributed by atoms with Gasteiger partial charge in [0.25, 0.3) is 0 Å². The van der Waals surface area contributed by atoms with E-state index in [4.69, 9.17) is 5.73 Å². The lowest BCUT2D eigenvalue weighted by atomic mass is 10.1. The van der Waals surface area contributed by atoms with Crippen molar-refractivity contribution in [3.63, 3.8) is 0 Å². The maximum Gasteiger partial charge on any atom is 0.356 e. The van der Waals surface area contributed by atoms with Gasteiger partial charge in [0.15, 0.2) is 11.5 Å². The Morgan fingerprint density at radius 2 is 2.17 bits per heavy atom. The molecule has 1 aromatic rings. The number of esters is 1. The highest BCUT2D eigenvalue weighted by atomic mass is 16.5. The number of nitrogens with zero attached hydrogens (tertiary/aromatic N) is 2. The Morgan fingerprint density at radius 3 is 2.72 bits per heavy atom. The molecule has 5 heteroatoms. The lowest BCUT2D eigenvalue weighted by Crippen LogP contribution is -2.23. The van der Waals surface area contributed by atoms with Crippen molar-refractivity contribution in [1.29, 1.82) is 0 Å². The lowest BCUT2D eigenvalue weighted by Gasteiger charge is -2.21. The highest BCUT2D eigenvalue weighted by Crippen LogP contribution is 2.20. The van der Waals surface area contributed by atoms with Crippen molar-refractivity contribution in [2.75, 3.05) is 31.3 Å². The molecule has 0 aliphatic heterocycles. The molecule has 0 unspecified atom stereocenters. The molecule has 0 aliphatic rings. The zero-order valence-electron chi connectivity index (χ0n) is 11.4. The summed E-state index contributed by atoms with van der Waals surface area (Å²) in [5.74, 6) is 0.782. The number of rotatable bonds is 5. The first-order valence-electron chi connectivity index (χ1n) is 6.01. The summed E-state index contributed by atoms with van der Waals surface area (Å²) in [5.41, 5.74) is 6.72. The van der Waals surface area contributed by atoms with E-state index in [1.165, 1.54) is 7.11 Å². The molecule has 0 radical (unpaired) electrons. The monoisotopic (exact) mass is 251 g/mol. The van der Waals surface area contributed by atoms with Crippen LogP contribution in [0.5, 0.6) is 0 Å². The number of ether oxygens (including phenoxy) is 1. The number of pyridine rings is 1. The van der Waals surface area contributed by atoms with E-state index in [9.17, 15) is 4.79 Å². The van der Waals surface area contributed by atoms with E-state index < -0.39 is 5.97 Å². The van der Waals surface area contributed by atoms with Crippen LogP contribution in [0.4, 0.5) is 11.5 Å². The molecular weight excluding hydrogens is 230 g/mol. The van der Waals surface area contributed by atoms with Gasteiger partial charge in [0, 0.05) is 13.6 Å². The maximum absolute atomic E-state index is 11.4. The standard InChI is InChI=1S/C13H21N3O2/c1-9(2)7-8-16(3)12-10(14)5-6-11(15-12)13(17)18-4/h5-6,9H,7-8,14H2,1-4H3. The molecular formula is C13H21N3O2. The molecule has 0 fully saturated rings. The van der Waals surface area contributed by atoms with Crippen molar-refractivity contribution >= 4 is 17.5 Å². The minimum atomic E-state index is -0.450. The number of methoxy groups -OCH3 is 1. The normalized spacial score (nSPS) is 10.5. The fraction of sp³-hybridized carbons (Fsp3) is 0.538. The smallest absolute Gasteiger partial charge is 0.356 e. The molecule has 1 heterocycles. The largest absolute Gasteiger partial charge is 0.464 e. The first-order chi connectivity index (χ1) is 8.45. The molecule has 18 heavy (non-hydrogen) atoms. The minimum absolute atomic E-state index is 0.276. The van der Waals surface area contributed by atoms with Gasteiger partial charge in [-0.05, 0) is 24.5 Å². The molecule has 100 valence electrons. The number of carbonyl (C=O) groups is 1. The van der Waals surface area contributed by atoms with Crippen LogP contribution < -0.4 is 10.6 Å². The van der Waals surface area contributed by atoms with Gasteiger partial charge in [-0.3, -0.25) is 0 Å². The highest BCUT2D eigenvalue weighted by Gasteiger charge is 2.13. The number of anilines is 2. The summed E-state index contributed by atoms with van der Waals surface area (Å²) in [6.07, 6.45) is 1.04. The average molecular weight is 251 g/mol. The Balaban J connectivity index is 2.89. The molecule has 0 saturated heterocycles. The number of nitrogens with two attached hydrogens (primary N) is 1.